The van der Waals surface area contributed by atoms with Gasteiger partial charge in [-0.15, -0.1) is 0 Å². The molecular weight excluding hydrogens is 374 g/mol. The molecule has 2 aromatic rings. The van der Waals surface area contributed by atoms with Crippen molar-refractivity contribution in [3.05, 3.63) is 38.2 Å². The molecule has 1 saturated heterocycles. The summed E-state index contributed by atoms with van der Waals surface area (Å²) in [6, 6.07) is 4.05. The fourth-order valence-corrected chi connectivity index (χ4v) is 5.94. The van der Waals surface area contributed by atoms with Crippen LogP contribution in [0, 0.1) is 32.1 Å². The Morgan fingerprint density at radius 3 is 2.42 bits per heavy atom. The molecule has 0 saturated carbocycles. The van der Waals surface area contributed by atoms with E-state index in [1.807, 2.05) is 24.8 Å². The lowest BCUT2D eigenvalue weighted by atomic mass is 10.1. The summed E-state index contributed by atoms with van der Waals surface area (Å²) in [7, 11) is -3.70. The maximum atomic E-state index is 12.8. The first kappa shape index (κ1) is 18.6. The highest BCUT2D eigenvalue weighted by molar-refractivity contribution is 7.91. The molecule has 138 valence electrons. The number of rotatable bonds is 3. The van der Waals surface area contributed by atoms with Gasteiger partial charge in [0.1, 0.15) is 11.9 Å². The van der Waals surface area contributed by atoms with Crippen LogP contribution in [0.2, 0.25) is 0 Å². The number of hydrogen-bond acceptors (Lipinski definition) is 7. The second kappa shape index (κ2) is 6.83. The third-order valence-electron chi connectivity index (χ3n) is 4.33. The van der Waals surface area contributed by atoms with Crippen LogP contribution < -0.4 is 9.77 Å². The van der Waals surface area contributed by atoms with Gasteiger partial charge < -0.3 is 9.88 Å². The molecule has 0 aromatic carbocycles. The first-order chi connectivity index (χ1) is 12.2. The highest BCUT2D eigenvalue weighted by Crippen LogP contribution is 2.26. The predicted octanol–water partition coefficient (Wildman–Crippen LogP) is 1.14. The van der Waals surface area contributed by atoms with Gasteiger partial charge in [-0.25, -0.2) is 13.4 Å². The summed E-state index contributed by atoms with van der Waals surface area (Å²) in [6.45, 7) is 6.73. The molecule has 0 atom stereocenters. The van der Waals surface area contributed by atoms with Crippen LogP contribution in [0.15, 0.2) is 15.1 Å². The van der Waals surface area contributed by atoms with Crippen molar-refractivity contribution in [2.45, 2.75) is 25.0 Å². The summed E-state index contributed by atoms with van der Waals surface area (Å²) in [6.07, 6.45) is 0. The van der Waals surface area contributed by atoms with E-state index >= 15 is 0 Å². The van der Waals surface area contributed by atoms with Gasteiger partial charge in [-0.05, 0) is 32.4 Å². The van der Waals surface area contributed by atoms with E-state index in [1.54, 1.807) is 6.92 Å². The molecular formula is C16H19N5O3S2. The Kier molecular flexibility index (Phi) is 4.88. The molecule has 1 aliphatic heterocycles. The highest BCUT2D eigenvalue weighted by atomic mass is 32.2. The minimum Gasteiger partial charge on any atom is -0.353 e. The Bertz CT molecular complexity index is 1040. The van der Waals surface area contributed by atoms with Crippen LogP contribution in [0.4, 0.5) is 5.82 Å². The second-order valence-electron chi connectivity index (χ2n) is 6.21. The molecule has 0 amide bonds. The summed E-state index contributed by atoms with van der Waals surface area (Å²) in [5.41, 5.74) is 2.56. The van der Waals surface area contributed by atoms with Crippen LogP contribution >= 0.6 is 11.3 Å². The standard InChI is InChI=1S/C16H19N5O3S2/c1-10-8-11(2)18-14(13(10)9-17)20-4-6-21(7-5-20)26(23,24)15-12(3)19-16(22)25-15/h8H,4-7H2,1-3H3,(H,19,22). The zero-order chi connectivity index (χ0) is 19.1. The number of sulfonamides is 1. The van der Waals surface area contributed by atoms with Gasteiger partial charge in [0.15, 0.2) is 4.21 Å². The van der Waals surface area contributed by atoms with Crippen molar-refractivity contribution in [1.82, 2.24) is 14.3 Å². The van der Waals surface area contributed by atoms with Gasteiger partial charge in [-0.1, -0.05) is 11.3 Å². The number of anilines is 1. The molecule has 8 nitrogen and oxygen atoms in total. The van der Waals surface area contributed by atoms with Gasteiger partial charge in [-0.3, -0.25) is 4.79 Å². The molecule has 0 spiro atoms. The van der Waals surface area contributed by atoms with Gasteiger partial charge in [0, 0.05) is 37.6 Å². The van der Waals surface area contributed by atoms with Crippen LogP contribution in [0.3, 0.4) is 0 Å². The number of pyridine rings is 1. The molecule has 0 unspecified atom stereocenters. The Morgan fingerprint density at radius 1 is 1.23 bits per heavy atom. The molecule has 2 aromatic heterocycles. The molecule has 0 radical (unpaired) electrons. The molecule has 0 aliphatic carbocycles. The van der Waals surface area contributed by atoms with E-state index in [0.717, 1.165) is 11.3 Å². The van der Waals surface area contributed by atoms with Crippen molar-refractivity contribution in [3.63, 3.8) is 0 Å². The van der Waals surface area contributed by atoms with E-state index < -0.39 is 10.0 Å². The maximum Gasteiger partial charge on any atom is 0.305 e. The molecule has 26 heavy (non-hydrogen) atoms. The summed E-state index contributed by atoms with van der Waals surface area (Å²) in [5.74, 6) is 0.601. The van der Waals surface area contributed by atoms with Crippen molar-refractivity contribution < 1.29 is 8.42 Å². The molecule has 10 heteroatoms. The number of thiazole rings is 1. The fraction of sp³-hybridized carbons (Fsp3) is 0.438. The minimum atomic E-state index is -3.70. The van der Waals surface area contributed by atoms with Crippen LogP contribution in [-0.4, -0.2) is 48.9 Å². The number of piperazine rings is 1. The Balaban J connectivity index is 1.83. The number of hydrogen-bond donors (Lipinski definition) is 1. The van der Waals surface area contributed by atoms with Crippen LogP contribution in [0.1, 0.15) is 22.5 Å². The predicted molar refractivity (Wildman–Crippen MR) is 99.1 cm³/mol. The van der Waals surface area contributed by atoms with E-state index in [0.29, 0.717) is 41.5 Å². The monoisotopic (exact) mass is 393 g/mol. The zero-order valence-corrected chi connectivity index (χ0v) is 16.4. The Morgan fingerprint density at radius 2 is 1.88 bits per heavy atom. The van der Waals surface area contributed by atoms with Gasteiger partial charge >= 0.3 is 4.87 Å². The van der Waals surface area contributed by atoms with Crippen molar-refractivity contribution >= 4 is 27.2 Å². The smallest absolute Gasteiger partial charge is 0.305 e. The molecule has 1 N–H and O–H groups in total. The molecule has 1 fully saturated rings. The summed E-state index contributed by atoms with van der Waals surface area (Å²) in [4.78, 5) is 20.0. The average molecular weight is 393 g/mol. The van der Waals surface area contributed by atoms with E-state index in [4.69, 9.17) is 0 Å². The topological polar surface area (TPSA) is 110 Å². The van der Waals surface area contributed by atoms with E-state index in [1.165, 1.54) is 4.31 Å². The second-order valence-corrected chi connectivity index (χ2v) is 9.33. The summed E-state index contributed by atoms with van der Waals surface area (Å²) >= 11 is 0.712. The van der Waals surface area contributed by atoms with Crippen molar-refractivity contribution in [3.8, 4) is 6.07 Å². The van der Waals surface area contributed by atoms with E-state index in [9.17, 15) is 18.5 Å². The molecule has 3 heterocycles. The maximum absolute atomic E-state index is 12.8. The Labute approximate surface area is 155 Å². The van der Waals surface area contributed by atoms with Crippen LogP contribution in [0.5, 0.6) is 0 Å². The lowest BCUT2D eigenvalue weighted by Crippen LogP contribution is -2.49. The summed E-state index contributed by atoms with van der Waals surface area (Å²) in [5, 5.41) is 9.43. The Hall–Kier alpha value is -2.22. The first-order valence-electron chi connectivity index (χ1n) is 8.07. The average Bonchev–Trinajstić information content (AvgIpc) is 2.93. The first-order valence-corrected chi connectivity index (χ1v) is 10.3. The molecule has 3 rings (SSSR count). The lowest BCUT2D eigenvalue weighted by molar-refractivity contribution is 0.384. The van der Waals surface area contributed by atoms with Crippen molar-refractivity contribution in [1.29, 1.82) is 5.26 Å². The third kappa shape index (κ3) is 3.25. The molecule has 0 bridgehead atoms. The van der Waals surface area contributed by atoms with Gasteiger partial charge in [-0.2, -0.15) is 9.57 Å². The largest absolute Gasteiger partial charge is 0.353 e. The number of aromatic amines is 1. The third-order valence-corrected chi connectivity index (χ3v) is 7.81. The number of nitrogens with one attached hydrogen (secondary N) is 1. The normalized spacial score (nSPS) is 15.8. The van der Waals surface area contributed by atoms with E-state index in [2.05, 4.69) is 16.0 Å². The van der Waals surface area contributed by atoms with Gasteiger partial charge in [0.05, 0.1) is 5.56 Å². The number of aromatic nitrogens is 2. The van der Waals surface area contributed by atoms with Crippen LogP contribution in [-0.2, 0) is 10.0 Å². The van der Waals surface area contributed by atoms with Gasteiger partial charge in [0.2, 0.25) is 0 Å². The van der Waals surface area contributed by atoms with Crippen LogP contribution in [0.25, 0.3) is 0 Å². The van der Waals surface area contributed by atoms with E-state index in [-0.39, 0.29) is 22.2 Å². The number of nitrogens with zero attached hydrogens (tertiary/aromatic N) is 4. The highest BCUT2D eigenvalue weighted by Gasteiger charge is 2.32. The lowest BCUT2D eigenvalue weighted by Gasteiger charge is -2.35. The van der Waals surface area contributed by atoms with Crippen molar-refractivity contribution in [2.24, 2.45) is 0 Å². The molecule has 1 aliphatic rings. The number of H-pyrrole nitrogens is 1. The fourth-order valence-electron chi connectivity index (χ4n) is 3.08. The number of nitriles is 1. The minimum absolute atomic E-state index is 0.0678. The SMILES string of the molecule is Cc1cc(C)c(C#N)c(N2CCN(S(=O)(=O)c3sc(=O)[nH]c3C)CC2)n1. The van der Waals surface area contributed by atoms with Crippen molar-refractivity contribution in [2.75, 3.05) is 31.1 Å². The summed E-state index contributed by atoms with van der Waals surface area (Å²) < 4.78 is 27.0. The quantitative estimate of drug-likeness (QED) is 0.837. The van der Waals surface area contributed by atoms with Gasteiger partial charge in [0.25, 0.3) is 10.0 Å². The zero-order valence-electron chi connectivity index (χ0n) is 14.7. The number of aryl methyl sites for hydroxylation is 3.